The monoisotopic (exact) mass is 307 g/mol. The molecule has 0 saturated heterocycles. The zero-order valence-corrected chi connectivity index (χ0v) is 12.0. The summed E-state index contributed by atoms with van der Waals surface area (Å²) in [6, 6.07) is 9.32. The Morgan fingerprint density at radius 1 is 1.22 bits per heavy atom. The van der Waals surface area contributed by atoms with Gasteiger partial charge in [0.2, 0.25) is 5.95 Å². The first-order valence-electron chi connectivity index (χ1n) is 6.64. The lowest BCUT2D eigenvalue weighted by molar-refractivity contribution is 0.814. The fourth-order valence-electron chi connectivity index (χ4n) is 2.14. The van der Waals surface area contributed by atoms with Crippen molar-refractivity contribution in [2.45, 2.75) is 6.54 Å². The van der Waals surface area contributed by atoms with Crippen LogP contribution in [0.25, 0.3) is 11.2 Å². The van der Waals surface area contributed by atoms with Crippen LogP contribution < -0.4 is 17.2 Å². The number of benzene rings is 1. The van der Waals surface area contributed by atoms with Gasteiger partial charge >= 0.3 is 0 Å². The van der Waals surface area contributed by atoms with Crippen LogP contribution in [0.2, 0.25) is 0 Å². The van der Waals surface area contributed by atoms with Gasteiger partial charge in [-0.3, -0.25) is 0 Å². The molecule has 23 heavy (non-hydrogen) atoms. The average molecular weight is 307 g/mol. The van der Waals surface area contributed by atoms with Gasteiger partial charge in [-0.2, -0.15) is 20.2 Å². The molecular weight excluding hydrogens is 294 g/mol. The highest BCUT2D eigenvalue weighted by Gasteiger charge is 2.12. The molecule has 0 unspecified atom stereocenters. The number of anilines is 1. The number of nitrogen functional groups attached to an aromatic ring is 1. The first kappa shape index (κ1) is 14.3. The Morgan fingerprint density at radius 2 is 1.96 bits per heavy atom. The fraction of sp³-hybridized carbons (Fsp3) is 0.0714. The molecule has 0 atom stereocenters. The van der Waals surface area contributed by atoms with Crippen molar-refractivity contribution < 1.29 is 0 Å². The van der Waals surface area contributed by atoms with E-state index in [9.17, 15) is 0 Å². The van der Waals surface area contributed by atoms with Crippen LogP contribution >= 0.6 is 0 Å². The van der Waals surface area contributed by atoms with Gasteiger partial charge in [0.15, 0.2) is 22.9 Å². The van der Waals surface area contributed by atoms with Gasteiger partial charge in [0.05, 0.1) is 24.5 Å². The topological polar surface area (TPSA) is 158 Å². The number of nitrogens with zero attached hydrogens (tertiary/aromatic N) is 6. The molecule has 2 heterocycles. The third-order valence-electron chi connectivity index (χ3n) is 3.13. The molecule has 0 radical (unpaired) electrons. The third kappa shape index (κ3) is 2.86. The molecule has 0 aliphatic rings. The molecule has 9 heteroatoms. The molecule has 0 aliphatic carbocycles. The summed E-state index contributed by atoms with van der Waals surface area (Å²) >= 11 is 0. The van der Waals surface area contributed by atoms with Crippen molar-refractivity contribution in [3.05, 3.63) is 41.7 Å². The smallest absolute Gasteiger partial charge is 0.224 e. The van der Waals surface area contributed by atoms with Crippen LogP contribution in [0, 0.1) is 11.3 Å². The van der Waals surface area contributed by atoms with E-state index in [0.717, 1.165) is 5.56 Å². The highest BCUT2D eigenvalue weighted by molar-refractivity contribution is 5.87. The molecule has 9 nitrogen and oxygen atoms in total. The summed E-state index contributed by atoms with van der Waals surface area (Å²) < 4.78 is 1.81. The molecule has 1 aromatic carbocycles. The SMILES string of the molecule is N#Cc1ccc(Cn2cnc3c(N=C(N)N)nc(N)nc32)cc1. The van der Waals surface area contributed by atoms with Crippen molar-refractivity contribution in [3.63, 3.8) is 0 Å². The van der Waals surface area contributed by atoms with E-state index in [-0.39, 0.29) is 17.7 Å². The largest absolute Gasteiger partial charge is 0.370 e. The van der Waals surface area contributed by atoms with Crippen molar-refractivity contribution in [3.8, 4) is 6.07 Å². The van der Waals surface area contributed by atoms with E-state index in [4.69, 9.17) is 22.5 Å². The average Bonchev–Trinajstić information content (AvgIpc) is 2.90. The van der Waals surface area contributed by atoms with E-state index in [1.807, 2.05) is 12.1 Å². The van der Waals surface area contributed by atoms with E-state index in [1.165, 1.54) is 0 Å². The van der Waals surface area contributed by atoms with Gasteiger partial charge < -0.3 is 21.8 Å². The maximum absolute atomic E-state index is 8.83. The van der Waals surface area contributed by atoms with Crippen LogP contribution in [0.5, 0.6) is 0 Å². The van der Waals surface area contributed by atoms with Crippen molar-refractivity contribution in [1.29, 1.82) is 5.26 Å². The second kappa shape index (κ2) is 5.61. The minimum absolute atomic E-state index is 0.0547. The number of imidazole rings is 1. The Bertz CT molecular complexity index is 927. The zero-order valence-electron chi connectivity index (χ0n) is 12.0. The maximum Gasteiger partial charge on any atom is 0.224 e. The Morgan fingerprint density at radius 3 is 2.61 bits per heavy atom. The molecule has 6 N–H and O–H groups in total. The minimum atomic E-state index is -0.133. The summed E-state index contributed by atoms with van der Waals surface area (Å²) in [6.45, 7) is 0.514. The van der Waals surface area contributed by atoms with E-state index in [2.05, 4.69) is 26.0 Å². The molecule has 0 amide bonds. The second-order valence-corrected chi connectivity index (χ2v) is 4.80. The standard InChI is InChI=1S/C14H13N9/c15-5-8-1-3-9(4-2-8)6-23-7-19-10-11(20-13(16)17)21-14(18)22-12(10)23/h1-4,7H,6H2,(H6,16,17,18,20,21,22). The lowest BCUT2D eigenvalue weighted by atomic mass is 10.1. The molecule has 0 aliphatic heterocycles. The lowest BCUT2D eigenvalue weighted by Crippen LogP contribution is -2.22. The Labute approximate surface area is 131 Å². The van der Waals surface area contributed by atoms with Gasteiger partial charge in [-0.05, 0) is 17.7 Å². The summed E-state index contributed by atoms with van der Waals surface area (Å²) in [5, 5.41) is 8.83. The molecule has 0 saturated carbocycles. The number of hydrogen-bond donors (Lipinski definition) is 3. The molecule has 0 fully saturated rings. The molecular formula is C14H13N9. The number of rotatable bonds is 3. The van der Waals surface area contributed by atoms with E-state index >= 15 is 0 Å². The summed E-state index contributed by atoms with van der Waals surface area (Å²) in [5.41, 5.74) is 19.1. The Hall–Kier alpha value is -3.67. The van der Waals surface area contributed by atoms with Crippen LogP contribution in [-0.2, 0) is 6.54 Å². The van der Waals surface area contributed by atoms with Gasteiger partial charge in [-0.15, -0.1) is 0 Å². The minimum Gasteiger partial charge on any atom is -0.370 e. The Balaban J connectivity index is 2.03. The molecule has 0 bridgehead atoms. The number of hydrogen-bond acceptors (Lipinski definition) is 6. The van der Waals surface area contributed by atoms with Gasteiger partial charge in [0, 0.05) is 0 Å². The van der Waals surface area contributed by atoms with E-state index < -0.39 is 0 Å². The van der Waals surface area contributed by atoms with Crippen molar-refractivity contribution >= 4 is 28.9 Å². The van der Waals surface area contributed by atoms with Gasteiger partial charge in [0.25, 0.3) is 0 Å². The van der Waals surface area contributed by atoms with Gasteiger partial charge in [0.1, 0.15) is 0 Å². The maximum atomic E-state index is 8.83. The molecule has 2 aromatic heterocycles. The summed E-state index contributed by atoms with van der Waals surface area (Å²) in [7, 11) is 0. The third-order valence-corrected chi connectivity index (χ3v) is 3.13. The number of guanidine groups is 1. The van der Waals surface area contributed by atoms with Crippen LogP contribution in [0.4, 0.5) is 11.8 Å². The normalized spacial score (nSPS) is 10.4. The van der Waals surface area contributed by atoms with E-state index in [0.29, 0.717) is 23.3 Å². The molecule has 114 valence electrons. The predicted molar refractivity (Wildman–Crippen MR) is 85.5 cm³/mol. The predicted octanol–water partition coefficient (Wildman–Crippen LogP) is 0.233. The fourth-order valence-corrected chi connectivity index (χ4v) is 2.14. The van der Waals surface area contributed by atoms with Crippen LogP contribution in [0.1, 0.15) is 11.1 Å². The van der Waals surface area contributed by atoms with Crippen LogP contribution in [0.3, 0.4) is 0 Å². The summed E-state index contributed by atoms with van der Waals surface area (Å²) in [5.74, 6) is 0.149. The number of fused-ring (bicyclic) bond motifs is 1. The van der Waals surface area contributed by atoms with Crippen molar-refractivity contribution in [1.82, 2.24) is 19.5 Å². The first-order chi connectivity index (χ1) is 11.1. The van der Waals surface area contributed by atoms with Gasteiger partial charge in [-0.1, -0.05) is 12.1 Å². The molecule has 3 rings (SSSR count). The summed E-state index contributed by atoms with van der Waals surface area (Å²) in [4.78, 5) is 16.4. The van der Waals surface area contributed by atoms with Gasteiger partial charge in [-0.25, -0.2) is 4.98 Å². The second-order valence-electron chi connectivity index (χ2n) is 4.80. The highest BCUT2D eigenvalue weighted by Crippen LogP contribution is 2.22. The number of nitrogens with two attached hydrogens (primary N) is 3. The number of aliphatic imine (C=N–C) groups is 1. The quantitative estimate of drug-likeness (QED) is 0.461. The van der Waals surface area contributed by atoms with Crippen molar-refractivity contribution in [2.24, 2.45) is 16.5 Å². The number of aromatic nitrogens is 4. The lowest BCUT2D eigenvalue weighted by Gasteiger charge is -2.05. The molecule has 3 aromatic rings. The molecule has 0 spiro atoms. The van der Waals surface area contributed by atoms with Crippen molar-refractivity contribution in [2.75, 3.05) is 5.73 Å². The summed E-state index contributed by atoms with van der Waals surface area (Å²) in [6.07, 6.45) is 1.61. The zero-order chi connectivity index (χ0) is 16.4. The number of nitriles is 1. The first-order valence-corrected chi connectivity index (χ1v) is 6.64. The highest BCUT2D eigenvalue weighted by atomic mass is 15.2. The Kier molecular flexibility index (Phi) is 3.48. The van der Waals surface area contributed by atoms with Crippen LogP contribution in [0.15, 0.2) is 35.6 Å². The van der Waals surface area contributed by atoms with Crippen LogP contribution in [-0.4, -0.2) is 25.5 Å². The van der Waals surface area contributed by atoms with E-state index in [1.54, 1.807) is 23.0 Å².